The van der Waals surface area contributed by atoms with Crippen molar-refractivity contribution in [3.8, 4) is 17.2 Å². The van der Waals surface area contributed by atoms with Crippen LogP contribution < -0.4 is 0 Å². The molecule has 0 unspecified atom stereocenters. The van der Waals surface area contributed by atoms with Crippen molar-refractivity contribution in [3.63, 3.8) is 0 Å². The maximum Gasteiger partial charge on any atom is 0.126 e. The molecular weight excluding hydrogens is 201 g/mol. The number of hydrogen-bond acceptors (Lipinski definition) is 1. The van der Waals surface area contributed by atoms with Gasteiger partial charge in [-0.2, -0.15) is 5.26 Å². The lowest BCUT2D eigenvalue weighted by Gasteiger charge is -2.03. The minimum atomic E-state index is -0.197. The van der Waals surface area contributed by atoms with Crippen LogP contribution in [-0.4, -0.2) is 0 Å². The highest BCUT2D eigenvalue weighted by Gasteiger charge is 2.01. The molecule has 0 spiro atoms. The van der Waals surface area contributed by atoms with Crippen molar-refractivity contribution < 1.29 is 4.39 Å². The Morgan fingerprint density at radius 3 is 2.19 bits per heavy atom. The van der Waals surface area contributed by atoms with E-state index < -0.39 is 0 Å². The fourth-order valence-electron chi connectivity index (χ4n) is 1.56. The van der Waals surface area contributed by atoms with Crippen LogP contribution >= 0.6 is 0 Å². The van der Waals surface area contributed by atoms with E-state index in [1.54, 1.807) is 31.2 Å². The summed E-state index contributed by atoms with van der Waals surface area (Å²) in [5.74, 6) is -0.197. The third-order valence-electron chi connectivity index (χ3n) is 2.51. The molecular formula is C14H10FN. The Kier molecular flexibility index (Phi) is 2.70. The molecule has 78 valence electrons. The van der Waals surface area contributed by atoms with Gasteiger partial charge in [0.15, 0.2) is 0 Å². The second-order valence-corrected chi connectivity index (χ2v) is 3.65. The van der Waals surface area contributed by atoms with E-state index in [-0.39, 0.29) is 5.82 Å². The maximum atomic E-state index is 13.1. The van der Waals surface area contributed by atoms with Gasteiger partial charge >= 0.3 is 0 Å². The Hall–Kier alpha value is -2.14. The molecule has 0 radical (unpaired) electrons. The van der Waals surface area contributed by atoms with Crippen LogP contribution in [0.4, 0.5) is 4.39 Å². The van der Waals surface area contributed by atoms with E-state index in [1.807, 2.05) is 12.1 Å². The molecule has 0 aliphatic rings. The Balaban J connectivity index is 2.43. The molecule has 2 rings (SSSR count). The standard InChI is InChI=1S/C14H10FN/c1-10-8-13(6-7-14(10)15)12-4-2-11(9-16)3-5-12/h2-8H,1H3. The van der Waals surface area contributed by atoms with Crippen LogP contribution in [0.3, 0.4) is 0 Å². The molecule has 2 aromatic rings. The quantitative estimate of drug-likeness (QED) is 0.706. The normalized spacial score (nSPS) is 9.81. The first-order valence-electron chi connectivity index (χ1n) is 4.97. The van der Waals surface area contributed by atoms with Gasteiger partial charge in [0.2, 0.25) is 0 Å². The summed E-state index contributed by atoms with van der Waals surface area (Å²) in [6.45, 7) is 1.74. The van der Waals surface area contributed by atoms with Crippen molar-refractivity contribution in [1.82, 2.24) is 0 Å². The van der Waals surface area contributed by atoms with E-state index >= 15 is 0 Å². The van der Waals surface area contributed by atoms with Crippen LogP contribution in [0.25, 0.3) is 11.1 Å². The first kappa shape index (κ1) is 10.4. The molecule has 0 fully saturated rings. The van der Waals surface area contributed by atoms with E-state index in [0.29, 0.717) is 11.1 Å². The Morgan fingerprint density at radius 1 is 1.00 bits per heavy atom. The first-order chi connectivity index (χ1) is 7.70. The van der Waals surface area contributed by atoms with Gasteiger partial charge in [-0.3, -0.25) is 0 Å². The molecule has 0 atom stereocenters. The van der Waals surface area contributed by atoms with E-state index in [1.165, 1.54) is 6.07 Å². The largest absolute Gasteiger partial charge is 0.207 e. The van der Waals surface area contributed by atoms with Gasteiger partial charge < -0.3 is 0 Å². The van der Waals surface area contributed by atoms with Gasteiger partial charge in [-0.05, 0) is 47.9 Å². The second-order valence-electron chi connectivity index (χ2n) is 3.65. The zero-order chi connectivity index (χ0) is 11.5. The van der Waals surface area contributed by atoms with Crippen LogP contribution in [0.5, 0.6) is 0 Å². The lowest BCUT2D eigenvalue weighted by molar-refractivity contribution is 0.619. The minimum absolute atomic E-state index is 0.197. The van der Waals surface area contributed by atoms with Crippen molar-refractivity contribution in [2.24, 2.45) is 0 Å². The average Bonchev–Trinajstić information content (AvgIpc) is 2.33. The molecule has 0 bridgehead atoms. The predicted molar refractivity (Wildman–Crippen MR) is 61.3 cm³/mol. The van der Waals surface area contributed by atoms with Crippen molar-refractivity contribution in [2.45, 2.75) is 6.92 Å². The van der Waals surface area contributed by atoms with Crippen LogP contribution in [0.2, 0.25) is 0 Å². The maximum absolute atomic E-state index is 13.1. The van der Waals surface area contributed by atoms with E-state index in [2.05, 4.69) is 6.07 Å². The van der Waals surface area contributed by atoms with Crippen LogP contribution in [0.15, 0.2) is 42.5 Å². The third kappa shape index (κ3) is 1.94. The lowest BCUT2D eigenvalue weighted by atomic mass is 10.0. The van der Waals surface area contributed by atoms with E-state index in [4.69, 9.17) is 5.26 Å². The molecule has 0 aromatic heterocycles. The molecule has 0 N–H and O–H groups in total. The summed E-state index contributed by atoms with van der Waals surface area (Å²) in [4.78, 5) is 0. The summed E-state index contributed by atoms with van der Waals surface area (Å²) in [5.41, 5.74) is 3.20. The van der Waals surface area contributed by atoms with Gasteiger partial charge in [-0.25, -0.2) is 4.39 Å². The first-order valence-corrected chi connectivity index (χ1v) is 4.97. The molecule has 0 saturated heterocycles. The van der Waals surface area contributed by atoms with Gasteiger partial charge in [0.1, 0.15) is 5.82 Å². The summed E-state index contributed by atoms with van der Waals surface area (Å²) in [6, 6.07) is 14.3. The number of halogens is 1. The van der Waals surface area contributed by atoms with E-state index in [9.17, 15) is 4.39 Å². The second kappa shape index (κ2) is 4.16. The van der Waals surface area contributed by atoms with Gasteiger partial charge in [0.05, 0.1) is 11.6 Å². The molecule has 2 aromatic carbocycles. The number of nitrogens with zero attached hydrogens (tertiary/aromatic N) is 1. The number of hydrogen-bond donors (Lipinski definition) is 0. The van der Waals surface area contributed by atoms with Crippen molar-refractivity contribution in [1.29, 1.82) is 5.26 Å². The molecule has 1 nitrogen and oxygen atoms in total. The smallest absolute Gasteiger partial charge is 0.126 e. The lowest BCUT2D eigenvalue weighted by Crippen LogP contribution is -1.84. The SMILES string of the molecule is Cc1cc(-c2ccc(C#N)cc2)ccc1F. The van der Waals surface area contributed by atoms with Crippen molar-refractivity contribution in [3.05, 3.63) is 59.4 Å². The zero-order valence-electron chi connectivity index (χ0n) is 8.87. The molecule has 0 saturated carbocycles. The highest BCUT2D eigenvalue weighted by atomic mass is 19.1. The Labute approximate surface area is 93.8 Å². The fourth-order valence-corrected chi connectivity index (χ4v) is 1.56. The molecule has 0 amide bonds. The average molecular weight is 211 g/mol. The minimum Gasteiger partial charge on any atom is -0.207 e. The highest BCUT2D eigenvalue weighted by molar-refractivity contribution is 5.65. The number of rotatable bonds is 1. The van der Waals surface area contributed by atoms with Crippen molar-refractivity contribution >= 4 is 0 Å². The van der Waals surface area contributed by atoms with Crippen LogP contribution in [-0.2, 0) is 0 Å². The van der Waals surface area contributed by atoms with Gasteiger partial charge in [0, 0.05) is 0 Å². The molecule has 16 heavy (non-hydrogen) atoms. The number of aryl methyl sites for hydroxylation is 1. The van der Waals surface area contributed by atoms with Gasteiger partial charge in [0.25, 0.3) is 0 Å². The molecule has 0 heterocycles. The fraction of sp³-hybridized carbons (Fsp3) is 0.0714. The van der Waals surface area contributed by atoms with E-state index in [0.717, 1.165) is 11.1 Å². The zero-order valence-corrected chi connectivity index (χ0v) is 8.87. The summed E-state index contributed by atoms with van der Waals surface area (Å²) >= 11 is 0. The Morgan fingerprint density at radius 2 is 1.62 bits per heavy atom. The summed E-state index contributed by atoms with van der Waals surface area (Å²) in [5, 5.41) is 8.68. The monoisotopic (exact) mass is 211 g/mol. The third-order valence-corrected chi connectivity index (χ3v) is 2.51. The predicted octanol–water partition coefficient (Wildman–Crippen LogP) is 3.67. The molecule has 0 aliphatic heterocycles. The van der Waals surface area contributed by atoms with Gasteiger partial charge in [-0.1, -0.05) is 18.2 Å². The summed E-state index contributed by atoms with van der Waals surface area (Å²) in [6.07, 6.45) is 0. The summed E-state index contributed by atoms with van der Waals surface area (Å²) in [7, 11) is 0. The topological polar surface area (TPSA) is 23.8 Å². The highest BCUT2D eigenvalue weighted by Crippen LogP contribution is 2.22. The number of nitriles is 1. The van der Waals surface area contributed by atoms with Crippen LogP contribution in [0.1, 0.15) is 11.1 Å². The van der Waals surface area contributed by atoms with Gasteiger partial charge in [-0.15, -0.1) is 0 Å². The van der Waals surface area contributed by atoms with Crippen molar-refractivity contribution in [2.75, 3.05) is 0 Å². The molecule has 0 aliphatic carbocycles. The summed E-state index contributed by atoms with van der Waals surface area (Å²) < 4.78 is 13.1. The Bertz CT molecular complexity index is 550. The molecule has 2 heteroatoms. The number of benzene rings is 2. The van der Waals surface area contributed by atoms with Crippen LogP contribution in [0, 0.1) is 24.1 Å².